The van der Waals surface area contributed by atoms with Gasteiger partial charge in [-0.2, -0.15) is 5.26 Å². The van der Waals surface area contributed by atoms with Crippen LogP contribution in [0.15, 0.2) is 30.3 Å². The molecule has 3 aliphatic heterocycles. The first-order chi connectivity index (χ1) is 24.6. The third-order valence-corrected chi connectivity index (χ3v) is 12.7. The van der Waals surface area contributed by atoms with E-state index >= 15 is 4.39 Å². The van der Waals surface area contributed by atoms with Crippen molar-refractivity contribution in [3.05, 3.63) is 58.5 Å². The van der Waals surface area contributed by atoms with Gasteiger partial charge < -0.3 is 19.5 Å². The van der Waals surface area contributed by atoms with Crippen LogP contribution in [-0.4, -0.2) is 70.1 Å². The van der Waals surface area contributed by atoms with Gasteiger partial charge in [0, 0.05) is 48.7 Å². The number of nitriles is 1. The Kier molecular flexibility index (Phi) is 8.83. The minimum absolute atomic E-state index is 0.0747. The predicted octanol–water partition coefficient (Wildman–Crippen LogP) is 7.96. The van der Waals surface area contributed by atoms with Crippen LogP contribution >= 0.6 is 0 Å². The van der Waals surface area contributed by atoms with Crippen LogP contribution in [0, 0.1) is 30.0 Å². The van der Waals surface area contributed by atoms with Crippen LogP contribution in [0.3, 0.4) is 0 Å². The zero-order valence-corrected chi connectivity index (χ0v) is 30.9. The summed E-state index contributed by atoms with van der Waals surface area (Å²) in [4.78, 5) is 22.5. The second-order valence-corrected chi connectivity index (χ2v) is 15.9. The van der Waals surface area contributed by atoms with Crippen molar-refractivity contribution in [1.82, 2.24) is 24.7 Å². The van der Waals surface area contributed by atoms with E-state index in [2.05, 4.69) is 66.9 Å². The van der Waals surface area contributed by atoms with Gasteiger partial charge in [-0.1, -0.05) is 25.1 Å². The summed E-state index contributed by atoms with van der Waals surface area (Å²) in [7, 11) is 2.14. The van der Waals surface area contributed by atoms with Crippen LogP contribution in [-0.2, 0) is 11.2 Å². The van der Waals surface area contributed by atoms with Gasteiger partial charge in [-0.25, -0.2) is 9.37 Å². The fourth-order valence-electron chi connectivity index (χ4n) is 10.2. The van der Waals surface area contributed by atoms with Crippen molar-refractivity contribution in [1.29, 1.82) is 5.26 Å². The molecular weight excluding hydrogens is 640 g/mol. The van der Waals surface area contributed by atoms with Crippen molar-refractivity contribution in [3.8, 4) is 23.1 Å². The molecule has 1 unspecified atom stereocenters. The molecule has 51 heavy (non-hydrogen) atoms. The van der Waals surface area contributed by atoms with E-state index in [9.17, 15) is 10.1 Å². The summed E-state index contributed by atoms with van der Waals surface area (Å²) in [5, 5.41) is 15.5. The van der Waals surface area contributed by atoms with E-state index in [1.807, 2.05) is 24.0 Å². The Morgan fingerprint density at radius 2 is 1.92 bits per heavy atom. The quantitative estimate of drug-likeness (QED) is 0.221. The van der Waals surface area contributed by atoms with Gasteiger partial charge in [-0.05, 0) is 120 Å². The number of fused-ring (bicyclic) bond motifs is 4. The zero-order chi connectivity index (χ0) is 35.7. The summed E-state index contributed by atoms with van der Waals surface area (Å²) < 4.78 is 27.0. The lowest BCUT2D eigenvalue weighted by atomic mass is 9.78. The van der Waals surface area contributed by atoms with E-state index in [4.69, 9.17) is 9.72 Å². The van der Waals surface area contributed by atoms with Crippen LogP contribution < -0.4 is 10.1 Å². The number of nitrogens with zero attached hydrogens (tertiary/aromatic N) is 5. The van der Waals surface area contributed by atoms with Crippen LogP contribution in [0.25, 0.3) is 32.9 Å². The van der Waals surface area contributed by atoms with Crippen molar-refractivity contribution in [2.24, 2.45) is 5.92 Å². The van der Waals surface area contributed by atoms with Crippen molar-refractivity contribution < 1.29 is 13.9 Å². The SMILES string of the molecule is CC(=O)N1CCC[C@@H]1c1cc2c(O[C@@H](C)[C@@H]3CCCN3C)nc3c(F)c(-c4cccc5c4C(C#N)CCC5)c(C)cc3c2n1[C@H]1[C@H](C)CN[C@@H]1C. The summed E-state index contributed by atoms with van der Waals surface area (Å²) in [6, 6.07) is 13.3. The number of carbonyl (C=O) groups is 1. The van der Waals surface area contributed by atoms with Crippen molar-refractivity contribution in [2.75, 3.05) is 26.7 Å². The molecule has 1 amide bonds. The molecule has 0 radical (unpaired) electrons. The number of pyridine rings is 1. The molecular formula is C42H51FN6O2. The molecule has 9 heteroatoms. The maximum atomic E-state index is 17.7. The molecule has 1 aliphatic carbocycles. The summed E-state index contributed by atoms with van der Waals surface area (Å²) in [5.41, 5.74) is 6.51. The summed E-state index contributed by atoms with van der Waals surface area (Å²) in [5.74, 6) is 0.188. The number of aromatic nitrogens is 2. The van der Waals surface area contributed by atoms with E-state index < -0.39 is 0 Å². The number of likely N-dealkylation sites (N-methyl/N-ethyl adjacent to an activating group) is 1. The Hall–Kier alpha value is -4.00. The third kappa shape index (κ3) is 5.52. The van der Waals surface area contributed by atoms with Crippen LogP contribution in [0.5, 0.6) is 5.88 Å². The van der Waals surface area contributed by atoms with Gasteiger partial charge in [0.25, 0.3) is 0 Å². The molecule has 3 fully saturated rings. The zero-order valence-electron chi connectivity index (χ0n) is 30.9. The van der Waals surface area contributed by atoms with E-state index in [1.165, 1.54) is 0 Å². The molecule has 2 aromatic carbocycles. The number of halogens is 1. The predicted molar refractivity (Wildman–Crippen MR) is 199 cm³/mol. The Balaban J connectivity index is 1.43. The molecule has 5 heterocycles. The van der Waals surface area contributed by atoms with E-state index in [-0.39, 0.29) is 47.9 Å². The molecule has 0 spiro atoms. The molecule has 3 saturated heterocycles. The topological polar surface area (TPSA) is 86.4 Å². The molecule has 268 valence electrons. The molecule has 4 aliphatic rings. The highest BCUT2D eigenvalue weighted by Crippen LogP contribution is 2.47. The Labute approximate surface area is 300 Å². The lowest BCUT2D eigenvalue weighted by Gasteiger charge is -2.31. The van der Waals surface area contributed by atoms with Crippen molar-refractivity contribution in [2.45, 2.75) is 116 Å². The Bertz CT molecular complexity index is 2060. The number of amides is 1. The lowest BCUT2D eigenvalue weighted by Crippen LogP contribution is -2.38. The van der Waals surface area contributed by atoms with Crippen molar-refractivity contribution in [3.63, 3.8) is 0 Å². The first-order valence-corrected chi connectivity index (χ1v) is 19.2. The monoisotopic (exact) mass is 690 g/mol. The van der Waals surface area contributed by atoms with Gasteiger partial charge in [0.05, 0.1) is 35.0 Å². The highest BCUT2D eigenvalue weighted by molar-refractivity contribution is 6.08. The number of likely N-dealkylation sites (tertiary alicyclic amines) is 2. The number of hydrogen-bond donors (Lipinski definition) is 1. The largest absolute Gasteiger partial charge is 0.472 e. The van der Waals surface area contributed by atoms with Gasteiger partial charge >= 0.3 is 0 Å². The number of nitrogens with one attached hydrogen (secondary N) is 1. The number of aryl methyl sites for hydroxylation is 2. The fraction of sp³-hybridized carbons (Fsp3) is 0.548. The highest BCUT2D eigenvalue weighted by atomic mass is 19.1. The molecule has 0 saturated carbocycles. The average molecular weight is 691 g/mol. The summed E-state index contributed by atoms with van der Waals surface area (Å²) in [6.45, 7) is 12.9. The summed E-state index contributed by atoms with van der Waals surface area (Å²) >= 11 is 0. The molecule has 2 aromatic heterocycles. The number of ether oxygens (including phenoxy) is 1. The van der Waals surface area contributed by atoms with Crippen LogP contribution in [0.1, 0.15) is 107 Å². The minimum atomic E-state index is -0.371. The number of carbonyl (C=O) groups excluding carboxylic acids is 1. The van der Waals surface area contributed by atoms with Gasteiger partial charge in [0.1, 0.15) is 11.6 Å². The van der Waals surface area contributed by atoms with Crippen LogP contribution in [0.2, 0.25) is 0 Å². The molecule has 0 bridgehead atoms. The summed E-state index contributed by atoms with van der Waals surface area (Å²) in [6.07, 6.45) is 6.43. The van der Waals surface area contributed by atoms with E-state index in [0.717, 1.165) is 109 Å². The second kappa shape index (κ2) is 13.2. The second-order valence-electron chi connectivity index (χ2n) is 15.9. The first-order valence-electron chi connectivity index (χ1n) is 19.2. The van der Waals surface area contributed by atoms with Crippen molar-refractivity contribution >= 4 is 27.7 Å². The molecule has 7 atom stereocenters. The number of hydrogen-bond acceptors (Lipinski definition) is 6. The van der Waals surface area contributed by atoms with E-state index in [1.54, 1.807) is 6.92 Å². The van der Waals surface area contributed by atoms with Gasteiger partial charge in [0.2, 0.25) is 11.8 Å². The maximum absolute atomic E-state index is 17.7. The molecule has 8 nitrogen and oxygen atoms in total. The lowest BCUT2D eigenvalue weighted by molar-refractivity contribution is -0.129. The van der Waals surface area contributed by atoms with Gasteiger partial charge in [0.15, 0.2) is 5.82 Å². The third-order valence-electron chi connectivity index (χ3n) is 12.7. The molecule has 1 N–H and O–H groups in total. The normalized spacial score (nSPS) is 27.3. The highest BCUT2D eigenvalue weighted by Gasteiger charge is 2.40. The Morgan fingerprint density at radius 3 is 2.63 bits per heavy atom. The fourth-order valence-corrected chi connectivity index (χ4v) is 10.2. The number of rotatable bonds is 6. The van der Waals surface area contributed by atoms with Crippen LogP contribution in [0.4, 0.5) is 4.39 Å². The average Bonchev–Trinajstić information content (AvgIpc) is 3.91. The molecule has 4 aromatic rings. The first kappa shape index (κ1) is 34.1. The van der Waals surface area contributed by atoms with E-state index in [0.29, 0.717) is 22.9 Å². The standard InChI is InChI=1S/C42H51FN6O2/c1-23-19-31-39(38(43)36(23)30-14-8-12-28-11-7-13-29(21-44)37(28)30)46-42(51-26(4)33-15-9-17-47(33)6)32-20-35(34-16-10-18-48(34)27(5)50)49(41(31)32)40-24(2)22-45-25(40)3/h8,12,14,19-20,24-26,29,33-34,40,45H,7,9-11,13,15-18,22H2,1-6H3/t24-,25-,26+,29?,33+,34-,40+/m1/s1. The minimum Gasteiger partial charge on any atom is -0.472 e. The Morgan fingerprint density at radius 1 is 1.12 bits per heavy atom. The molecule has 8 rings (SSSR count). The smallest absolute Gasteiger partial charge is 0.223 e. The number of benzene rings is 2. The maximum Gasteiger partial charge on any atom is 0.223 e. The van der Waals surface area contributed by atoms with Gasteiger partial charge in [-0.15, -0.1) is 0 Å². The van der Waals surface area contributed by atoms with Gasteiger partial charge in [-0.3, -0.25) is 9.69 Å².